The van der Waals surface area contributed by atoms with Crippen LogP contribution < -0.4 is 5.32 Å². The first-order valence-electron chi connectivity index (χ1n) is 8.87. The van der Waals surface area contributed by atoms with Crippen molar-refractivity contribution in [3.63, 3.8) is 0 Å². The molecular weight excluding hydrogens is 320 g/mol. The Balaban J connectivity index is 1.82. The van der Waals surface area contributed by atoms with E-state index in [0.717, 1.165) is 34.0 Å². The van der Waals surface area contributed by atoms with Crippen LogP contribution >= 0.6 is 0 Å². The van der Waals surface area contributed by atoms with E-state index in [1.807, 2.05) is 48.7 Å². The number of anilines is 1. The Bertz CT molecular complexity index is 1040. The van der Waals surface area contributed by atoms with Crippen molar-refractivity contribution in [1.29, 1.82) is 0 Å². The van der Waals surface area contributed by atoms with Crippen LogP contribution in [0.15, 0.2) is 66.7 Å². The zero-order chi connectivity index (χ0) is 18.1. The van der Waals surface area contributed by atoms with Crippen molar-refractivity contribution < 1.29 is 0 Å². The first kappa shape index (κ1) is 16.3. The van der Waals surface area contributed by atoms with Gasteiger partial charge in [-0.25, -0.2) is 4.98 Å². The van der Waals surface area contributed by atoms with Crippen LogP contribution in [0.3, 0.4) is 0 Å². The van der Waals surface area contributed by atoms with Crippen LogP contribution in [0, 0.1) is 13.8 Å². The highest BCUT2D eigenvalue weighted by Gasteiger charge is 2.17. The lowest BCUT2D eigenvalue weighted by Crippen LogP contribution is -2.11. The number of aromatic nitrogens is 3. The summed E-state index contributed by atoms with van der Waals surface area (Å²) >= 11 is 0. The van der Waals surface area contributed by atoms with Crippen molar-refractivity contribution >= 4 is 11.5 Å². The third-order valence-corrected chi connectivity index (χ3v) is 4.62. The summed E-state index contributed by atoms with van der Waals surface area (Å²) in [6, 6.07) is 23.0. The highest BCUT2D eigenvalue weighted by Crippen LogP contribution is 2.30. The van der Waals surface area contributed by atoms with Gasteiger partial charge in [0, 0.05) is 23.4 Å². The fourth-order valence-electron chi connectivity index (χ4n) is 3.34. The van der Waals surface area contributed by atoms with Gasteiger partial charge in [0.2, 0.25) is 0 Å². The molecule has 0 aliphatic rings. The zero-order valence-electron chi connectivity index (χ0n) is 15.3. The molecule has 0 radical (unpaired) electrons. The van der Waals surface area contributed by atoms with Gasteiger partial charge in [0.05, 0.1) is 5.69 Å². The summed E-state index contributed by atoms with van der Waals surface area (Å²) in [7, 11) is 0. The molecule has 0 amide bonds. The molecule has 1 atom stereocenters. The first-order valence-corrected chi connectivity index (χ1v) is 8.87. The molecule has 4 nitrogen and oxygen atoms in total. The van der Waals surface area contributed by atoms with Gasteiger partial charge < -0.3 is 5.32 Å². The van der Waals surface area contributed by atoms with Crippen LogP contribution in [-0.2, 0) is 0 Å². The molecule has 4 aromatic rings. The van der Waals surface area contributed by atoms with E-state index in [0.29, 0.717) is 0 Å². The minimum absolute atomic E-state index is 0.172. The van der Waals surface area contributed by atoms with E-state index >= 15 is 0 Å². The van der Waals surface area contributed by atoms with E-state index in [2.05, 4.69) is 48.6 Å². The molecule has 4 rings (SSSR count). The molecule has 0 bridgehead atoms. The van der Waals surface area contributed by atoms with Gasteiger partial charge in [0.15, 0.2) is 5.65 Å². The number of nitrogens with one attached hydrogen (secondary N) is 1. The van der Waals surface area contributed by atoms with Gasteiger partial charge in [-0.05, 0) is 31.9 Å². The van der Waals surface area contributed by atoms with Crippen molar-refractivity contribution in [2.75, 3.05) is 5.32 Å². The van der Waals surface area contributed by atoms with Gasteiger partial charge >= 0.3 is 0 Å². The first-order chi connectivity index (χ1) is 12.6. The van der Waals surface area contributed by atoms with Gasteiger partial charge in [-0.3, -0.25) is 0 Å². The molecule has 0 aliphatic carbocycles. The Hall–Kier alpha value is -3.14. The number of rotatable bonds is 4. The summed E-state index contributed by atoms with van der Waals surface area (Å²) in [4.78, 5) is 4.77. The lowest BCUT2D eigenvalue weighted by molar-refractivity contribution is 0.833. The van der Waals surface area contributed by atoms with E-state index in [1.54, 1.807) is 0 Å². The molecule has 0 saturated heterocycles. The van der Waals surface area contributed by atoms with Crippen molar-refractivity contribution in [2.24, 2.45) is 0 Å². The molecule has 0 spiro atoms. The van der Waals surface area contributed by atoms with Crippen LogP contribution in [0.5, 0.6) is 0 Å². The average molecular weight is 342 g/mol. The molecule has 4 heteroatoms. The zero-order valence-corrected chi connectivity index (χ0v) is 15.3. The van der Waals surface area contributed by atoms with E-state index < -0.39 is 0 Å². The normalized spacial score (nSPS) is 12.3. The van der Waals surface area contributed by atoms with Crippen LogP contribution in [0.1, 0.15) is 29.9 Å². The molecule has 2 aromatic carbocycles. The minimum Gasteiger partial charge on any atom is -0.363 e. The number of hydrogen-bond acceptors (Lipinski definition) is 3. The molecule has 0 fully saturated rings. The van der Waals surface area contributed by atoms with Crippen LogP contribution in [-0.4, -0.2) is 14.6 Å². The fraction of sp³-hybridized carbons (Fsp3) is 0.182. The predicted molar refractivity (Wildman–Crippen MR) is 106 cm³/mol. The number of benzene rings is 2. The maximum Gasteiger partial charge on any atom is 0.165 e. The second-order valence-corrected chi connectivity index (χ2v) is 6.62. The topological polar surface area (TPSA) is 42.2 Å². The molecule has 1 N–H and O–H groups in total. The predicted octanol–water partition coefficient (Wildman–Crippen LogP) is 5.19. The third-order valence-electron chi connectivity index (χ3n) is 4.62. The van der Waals surface area contributed by atoms with Gasteiger partial charge in [-0.1, -0.05) is 60.7 Å². The van der Waals surface area contributed by atoms with Crippen LogP contribution in [0.2, 0.25) is 0 Å². The molecule has 2 heterocycles. The maximum atomic E-state index is 4.77. The summed E-state index contributed by atoms with van der Waals surface area (Å²) in [6.45, 7) is 6.22. The average Bonchev–Trinajstić information content (AvgIpc) is 2.99. The number of hydrogen-bond donors (Lipinski definition) is 1. The Morgan fingerprint density at radius 3 is 2.27 bits per heavy atom. The summed E-state index contributed by atoms with van der Waals surface area (Å²) in [6.07, 6.45) is 0. The molecule has 130 valence electrons. The van der Waals surface area contributed by atoms with E-state index in [-0.39, 0.29) is 6.04 Å². The lowest BCUT2D eigenvalue weighted by atomic mass is 10.1. The summed E-state index contributed by atoms with van der Waals surface area (Å²) in [5, 5.41) is 8.36. The van der Waals surface area contributed by atoms with E-state index in [4.69, 9.17) is 10.1 Å². The minimum atomic E-state index is 0.172. The summed E-state index contributed by atoms with van der Waals surface area (Å²) in [5.74, 6) is 0.953. The molecular formula is C22H22N4. The molecule has 0 aliphatic heterocycles. The van der Waals surface area contributed by atoms with Crippen molar-refractivity contribution in [1.82, 2.24) is 14.6 Å². The van der Waals surface area contributed by atoms with Crippen LogP contribution in [0.4, 0.5) is 5.82 Å². The van der Waals surface area contributed by atoms with Crippen molar-refractivity contribution in [2.45, 2.75) is 26.8 Å². The molecule has 2 aromatic heterocycles. The molecule has 0 saturated carbocycles. The standard InChI is InChI=1S/C22H22N4/c1-15-14-20(24-16(2)18-10-6-4-7-11-18)26-22(23-15)21(17(3)25-26)19-12-8-5-9-13-19/h4-14,16,24H,1-3H3/t16-/m1/s1. The van der Waals surface area contributed by atoms with Gasteiger partial charge in [0.25, 0.3) is 0 Å². The number of fused-ring (bicyclic) bond motifs is 1. The monoisotopic (exact) mass is 342 g/mol. The quantitative estimate of drug-likeness (QED) is 0.555. The Kier molecular flexibility index (Phi) is 4.17. The molecule has 0 unspecified atom stereocenters. The van der Waals surface area contributed by atoms with Crippen LogP contribution in [0.25, 0.3) is 16.8 Å². The largest absolute Gasteiger partial charge is 0.363 e. The second kappa shape index (κ2) is 6.64. The maximum absolute atomic E-state index is 4.77. The highest BCUT2D eigenvalue weighted by atomic mass is 15.3. The van der Waals surface area contributed by atoms with Gasteiger partial charge in [0.1, 0.15) is 5.82 Å². The van der Waals surface area contributed by atoms with Crippen molar-refractivity contribution in [3.8, 4) is 11.1 Å². The van der Waals surface area contributed by atoms with Crippen molar-refractivity contribution in [3.05, 3.63) is 83.7 Å². The number of aryl methyl sites for hydroxylation is 2. The smallest absolute Gasteiger partial charge is 0.165 e. The van der Waals surface area contributed by atoms with Gasteiger partial charge in [-0.15, -0.1) is 0 Å². The number of nitrogens with zero attached hydrogens (tertiary/aromatic N) is 3. The lowest BCUT2D eigenvalue weighted by Gasteiger charge is -2.17. The Morgan fingerprint density at radius 1 is 0.923 bits per heavy atom. The van der Waals surface area contributed by atoms with Gasteiger partial charge in [-0.2, -0.15) is 9.61 Å². The molecule has 26 heavy (non-hydrogen) atoms. The Labute approximate surface area is 153 Å². The summed E-state index contributed by atoms with van der Waals surface area (Å²) in [5.41, 5.74) is 6.30. The Morgan fingerprint density at radius 2 is 1.58 bits per heavy atom. The second-order valence-electron chi connectivity index (χ2n) is 6.62. The summed E-state index contributed by atoms with van der Waals surface area (Å²) < 4.78 is 1.92. The third kappa shape index (κ3) is 2.94. The van der Waals surface area contributed by atoms with E-state index in [9.17, 15) is 0 Å². The SMILES string of the molecule is Cc1cc(N[C@H](C)c2ccccc2)n2nc(C)c(-c3ccccc3)c2n1. The van der Waals surface area contributed by atoms with E-state index in [1.165, 1.54) is 5.56 Å². The highest BCUT2D eigenvalue weighted by molar-refractivity contribution is 5.80. The fourth-order valence-corrected chi connectivity index (χ4v) is 3.34.